The van der Waals surface area contributed by atoms with Gasteiger partial charge in [0.15, 0.2) is 11.6 Å². The summed E-state index contributed by atoms with van der Waals surface area (Å²) in [4.78, 5) is 25.4. The lowest BCUT2D eigenvalue weighted by atomic mass is 10.1. The summed E-state index contributed by atoms with van der Waals surface area (Å²) in [6, 6.07) is 11.3. The molecule has 1 aliphatic rings. The maximum atomic E-state index is 12.3. The summed E-state index contributed by atoms with van der Waals surface area (Å²) in [7, 11) is -0.719. The van der Waals surface area contributed by atoms with Crippen LogP contribution >= 0.6 is 0 Å². The molecule has 0 saturated carbocycles. The van der Waals surface area contributed by atoms with Gasteiger partial charge >= 0.3 is 5.97 Å². The second kappa shape index (κ2) is 8.04. The highest BCUT2D eigenvalue weighted by atomic mass is 32.2. The lowest BCUT2D eigenvalue weighted by Gasteiger charge is -2.18. The number of carbonyl (C=O) groups is 2. The molecule has 0 saturated heterocycles. The van der Waals surface area contributed by atoms with Crippen LogP contribution < -0.4 is 4.74 Å². The van der Waals surface area contributed by atoms with E-state index in [1.165, 1.54) is 25.0 Å². The number of ether oxygens (including phenoxy) is 2. The summed E-state index contributed by atoms with van der Waals surface area (Å²) in [6.07, 6.45) is 0. The number of nitrogens with zero attached hydrogens (tertiary/aromatic N) is 2. The maximum Gasteiger partial charge on any atom is 0.325 e. The van der Waals surface area contributed by atoms with E-state index in [1.54, 1.807) is 43.4 Å². The first-order chi connectivity index (χ1) is 13.7. The molecule has 1 heterocycles. The largest absolute Gasteiger partial charge is 0.496 e. The van der Waals surface area contributed by atoms with Crippen LogP contribution in [0.2, 0.25) is 0 Å². The van der Waals surface area contributed by atoms with Gasteiger partial charge in [0.25, 0.3) is 10.0 Å². The van der Waals surface area contributed by atoms with Crippen LogP contribution in [-0.2, 0) is 26.2 Å². The maximum absolute atomic E-state index is 12.3. The quantitative estimate of drug-likeness (QED) is 0.524. The van der Waals surface area contributed by atoms with Crippen molar-refractivity contribution in [3.05, 3.63) is 59.2 Å². The van der Waals surface area contributed by atoms with Crippen LogP contribution in [0.25, 0.3) is 0 Å². The zero-order chi connectivity index (χ0) is 21.2. The van der Waals surface area contributed by atoms with Crippen molar-refractivity contribution in [3.63, 3.8) is 0 Å². The molecule has 2 aromatic rings. The van der Waals surface area contributed by atoms with Crippen LogP contribution in [-0.4, -0.2) is 51.6 Å². The summed E-state index contributed by atoms with van der Waals surface area (Å²) in [5.74, 6) is -0.00334. The zero-order valence-corrected chi connectivity index (χ0v) is 17.0. The van der Waals surface area contributed by atoms with Crippen LogP contribution in [0, 0.1) is 0 Å². The van der Waals surface area contributed by atoms with Crippen LogP contribution in [0.4, 0.5) is 0 Å². The molecule has 0 amide bonds. The Morgan fingerprint density at radius 1 is 1.14 bits per heavy atom. The van der Waals surface area contributed by atoms with Gasteiger partial charge in [-0.25, -0.2) is 0 Å². The molecule has 0 radical (unpaired) electrons. The fraction of sp³-hybridized carbons (Fsp3) is 0.250. The van der Waals surface area contributed by atoms with E-state index in [2.05, 4.69) is 4.40 Å². The van der Waals surface area contributed by atoms with E-state index < -0.39 is 16.0 Å². The minimum absolute atomic E-state index is 0.0850. The van der Waals surface area contributed by atoms with E-state index in [0.29, 0.717) is 22.4 Å². The SMILES string of the molecule is COc1ccc(C(C)=O)cc1COC(=O)CN(C)C1=NS(=O)(=O)c2ccccc21. The number of carbonyl (C=O) groups excluding carboxylic acids is 2. The Hall–Kier alpha value is -3.20. The topological polar surface area (TPSA) is 102 Å². The van der Waals surface area contributed by atoms with Crippen molar-refractivity contribution in [2.24, 2.45) is 4.40 Å². The van der Waals surface area contributed by atoms with Crippen molar-refractivity contribution < 1.29 is 27.5 Å². The summed E-state index contributed by atoms with van der Waals surface area (Å²) in [5.41, 5.74) is 1.48. The molecule has 9 heteroatoms. The average molecular weight is 416 g/mol. The van der Waals surface area contributed by atoms with Crippen molar-refractivity contribution in [3.8, 4) is 5.75 Å². The molecule has 1 aliphatic heterocycles. The first kappa shape index (κ1) is 20.5. The number of hydrogen-bond acceptors (Lipinski definition) is 7. The number of methoxy groups -OCH3 is 1. The minimum Gasteiger partial charge on any atom is -0.496 e. The molecule has 8 nitrogen and oxygen atoms in total. The fourth-order valence-corrected chi connectivity index (χ4v) is 4.20. The number of benzene rings is 2. The smallest absolute Gasteiger partial charge is 0.325 e. The van der Waals surface area contributed by atoms with E-state index in [9.17, 15) is 18.0 Å². The molecule has 0 atom stereocenters. The van der Waals surface area contributed by atoms with Crippen LogP contribution in [0.5, 0.6) is 5.75 Å². The molecule has 152 valence electrons. The van der Waals surface area contributed by atoms with Gasteiger partial charge in [0.1, 0.15) is 23.8 Å². The minimum atomic E-state index is -3.77. The molecule has 0 aromatic heterocycles. The van der Waals surface area contributed by atoms with Crippen molar-refractivity contribution in [1.82, 2.24) is 4.90 Å². The van der Waals surface area contributed by atoms with Crippen molar-refractivity contribution >= 4 is 27.6 Å². The van der Waals surface area contributed by atoms with E-state index in [0.717, 1.165) is 0 Å². The molecule has 0 aliphatic carbocycles. The number of hydrogen-bond donors (Lipinski definition) is 0. The van der Waals surface area contributed by atoms with Crippen LogP contribution in [0.1, 0.15) is 28.4 Å². The molecule has 0 spiro atoms. The summed E-state index contributed by atoms with van der Waals surface area (Å²) >= 11 is 0. The van der Waals surface area contributed by atoms with E-state index in [4.69, 9.17) is 9.47 Å². The number of esters is 1. The lowest BCUT2D eigenvalue weighted by Crippen LogP contribution is -2.33. The van der Waals surface area contributed by atoms with Crippen LogP contribution in [0.15, 0.2) is 51.8 Å². The number of rotatable bonds is 6. The Bertz CT molecular complexity index is 1110. The van der Waals surface area contributed by atoms with Gasteiger partial charge < -0.3 is 14.4 Å². The van der Waals surface area contributed by atoms with Gasteiger partial charge in [-0.15, -0.1) is 4.40 Å². The Kier molecular flexibility index (Phi) is 5.69. The molecule has 2 aromatic carbocycles. The second-order valence-corrected chi connectivity index (χ2v) is 8.06. The predicted molar refractivity (Wildman–Crippen MR) is 106 cm³/mol. The predicted octanol–water partition coefficient (Wildman–Crippen LogP) is 2.02. The van der Waals surface area contributed by atoms with Gasteiger partial charge in [0.2, 0.25) is 0 Å². The number of sulfonamides is 1. The normalized spacial score (nSPS) is 14.0. The molecule has 0 unspecified atom stereocenters. The molecular weight excluding hydrogens is 396 g/mol. The van der Waals surface area contributed by atoms with Crippen molar-refractivity contribution in [2.75, 3.05) is 20.7 Å². The third kappa shape index (κ3) is 4.29. The average Bonchev–Trinajstić information content (AvgIpc) is 2.97. The van der Waals surface area contributed by atoms with Gasteiger partial charge in [0.05, 0.1) is 7.11 Å². The monoisotopic (exact) mass is 416 g/mol. The molecular formula is C20H20N2O6S. The Morgan fingerprint density at radius 3 is 2.55 bits per heavy atom. The third-order valence-corrected chi connectivity index (χ3v) is 5.74. The van der Waals surface area contributed by atoms with Gasteiger partial charge in [-0.2, -0.15) is 8.42 Å². The molecule has 0 N–H and O–H groups in total. The number of Topliss-reactive ketones (excluding diaryl/α,β-unsaturated/α-hetero) is 1. The number of amidine groups is 1. The first-order valence-electron chi connectivity index (χ1n) is 8.72. The number of ketones is 1. The second-order valence-electron chi connectivity index (χ2n) is 6.49. The summed E-state index contributed by atoms with van der Waals surface area (Å²) in [5, 5.41) is 0. The summed E-state index contributed by atoms with van der Waals surface area (Å²) < 4.78 is 38.6. The van der Waals surface area contributed by atoms with Gasteiger partial charge in [-0.3, -0.25) is 9.59 Å². The standard InChI is InChI=1S/C20H20N2O6S/c1-13(23)14-8-9-17(27-3)15(10-14)12-28-19(24)11-22(2)20-16-6-4-5-7-18(16)29(25,26)21-20/h4-10H,11-12H2,1-3H3. The lowest BCUT2D eigenvalue weighted by molar-refractivity contribution is -0.145. The highest BCUT2D eigenvalue weighted by molar-refractivity contribution is 7.90. The molecule has 3 rings (SSSR count). The molecule has 0 bridgehead atoms. The van der Waals surface area contributed by atoms with Crippen molar-refractivity contribution in [1.29, 1.82) is 0 Å². The third-order valence-electron chi connectivity index (χ3n) is 4.42. The number of likely N-dealkylation sites (N-methyl/N-ethyl adjacent to an activating group) is 1. The Balaban J connectivity index is 1.69. The van der Waals surface area contributed by atoms with E-state index in [-0.39, 0.29) is 29.7 Å². The van der Waals surface area contributed by atoms with E-state index >= 15 is 0 Å². The fourth-order valence-electron chi connectivity index (χ4n) is 2.95. The Morgan fingerprint density at radius 2 is 1.86 bits per heavy atom. The van der Waals surface area contributed by atoms with Gasteiger partial charge in [0, 0.05) is 23.7 Å². The molecule has 29 heavy (non-hydrogen) atoms. The number of fused-ring (bicyclic) bond motifs is 1. The van der Waals surface area contributed by atoms with Gasteiger partial charge in [-0.05, 0) is 37.3 Å². The highest BCUT2D eigenvalue weighted by Gasteiger charge is 2.31. The molecule has 0 fully saturated rings. The van der Waals surface area contributed by atoms with E-state index in [1.807, 2.05) is 0 Å². The first-order valence-corrected chi connectivity index (χ1v) is 10.2. The summed E-state index contributed by atoms with van der Waals surface area (Å²) in [6.45, 7) is 1.16. The van der Waals surface area contributed by atoms with Gasteiger partial charge in [-0.1, -0.05) is 12.1 Å². The zero-order valence-electron chi connectivity index (χ0n) is 16.2. The van der Waals surface area contributed by atoms with Crippen LogP contribution in [0.3, 0.4) is 0 Å². The van der Waals surface area contributed by atoms with Crippen molar-refractivity contribution in [2.45, 2.75) is 18.4 Å². The highest BCUT2D eigenvalue weighted by Crippen LogP contribution is 2.27. The Labute approximate surface area is 168 Å².